The summed E-state index contributed by atoms with van der Waals surface area (Å²) in [6.45, 7) is 5.61. The third-order valence-electron chi connectivity index (χ3n) is 5.51. The van der Waals surface area contributed by atoms with Crippen LogP contribution >= 0.6 is 0 Å². The smallest absolute Gasteiger partial charge is 0.157 e. The highest BCUT2D eigenvalue weighted by Gasteiger charge is 2.43. The Balaban J connectivity index is 1.53. The van der Waals surface area contributed by atoms with E-state index in [0.717, 1.165) is 12.8 Å². The molecule has 1 heterocycles. The zero-order valence-corrected chi connectivity index (χ0v) is 15.8. The fourth-order valence-electron chi connectivity index (χ4n) is 4.07. The summed E-state index contributed by atoms with van der Waals surface area (Å²) in [5.41, 5.74) is 2.51. The van der Waals surface area contributed by atoms with Gasteiger partial charge in [-0.05, 0) is 35.8 Å². The molecule has 2 aromatic carbocycles. The van der Waals surface area contributed by atoms with Crippen LogP contribution in [0.5, 0.6) is 0 Å². The molecule has 0 aliphatic carbocycles. The molecule has 3 heteroatoms. The Morgan fingerprint density at radius 3 is 2.27 bits per heavy atom. The summed E-state index contributed by atoms with van der Waals surface area (Å²) < 4.78 is 11.8. The van der Waals surface area contributed by atoms with Gasteiger partial charge in [-0.15, -0.1) is 0 Å². The number of aliphatic hydroxyl groups is 1. The van der Waals surface area contributed by atoms with Crippen molar-refractivity contribution >= 4 is 0 Å². The van der Waals surface area contributed by atoms with Crippen LogP contribution in [0.2, 0.25) is 0 Å². The van der Waals surface area contributed by atoms with E-state index in [0.29, 0.717) is 25.0 Å². The minimum absolute atomic E-state index is 0.0792. The molecule has 26 heavy (non-hydrogen) atoms. The predicted molar refractivity (Wildman–Crippen MR) is 104 cm³/mol. The molecule has 0 aromatic heterocycles. The molecule has 0 radical (unpaired) electrons. The number of aliphatic hydroxyl groups excluding tert-OH is 1. The summed E-state index contributed by atoms with van der Waals surface area (Å²) >= 11 is 0. The molecule has 1 aliphatic rings. The third kappa shape index (κ3) is 4.94. The van der Waals surface area contributed by atoms with Gasteiger partial charge in [-0.25, -0.2) is 0 Å². The quantitative estimate of drug-likeness (QED) is 0.761. The minimum atomic E-state index is -0.669. The first-order valence-corrected chi connectivity index (χ1v) is 9.64. The van der Waals surface area contributed by atoms with Gasteiger partial charge < -0.3 is 14.6 Å². The number of hydrogen-bond acceptors (Lipinski definition) is 3. The topological polar surface area (TPSA) is 38.7 Å². The van der Waals surface area contributed by atoms with Crippen molar-refractivity contribution in [2.75, 3.05) is 6.61 Å². The molecule has 1 aliphatic heterocycles. The maximum Gasteiger partial charge on any atom is 0.157 e. The first-order valence-electron chi connectivity index (χ1n) is 9.64. The lowest BCUT2D eigenvalue weighted by Gasteiger charge is -2.27. The zero-order valence-electron chi connectivity index (χ0n) is 15.8. The van der Waals surface area contributed by atoms with Crippen LogP contribution in [0, 0.1) is 17.8 Å². The summed E-state index contributed by atoms with van der Waals surface area (Å²) in [6, 6.07) is 20.7. The summed E-state index contributed by atoms with van der Waals surface area (Å²) in [6.07, 6.45) is 1.31. The van der Waals surface area contributed by atoms with Crippen LogP contribution in [0.4, 0.5) is 0 Å². The van der Waals surface area contributed by atoms with Crippen molar-refractivity contribution < 1.29 is 14.6 Å². The van der Waals surface area contributed by atoms with E-state index in [-0.39, 0.29) is 12.0 Å². The van der Waals surface area contributed by atoms with E-state index in [9.17, 15) is 5.11 Å². The Morgan fingerprint density at radius 2 is 1.62 bits per heavy atom. The van der Waals surface area contributed by atoms with Crippen molar-refractivity contribution in [3.05, 3.63) is 71.8 Å². The normalized spacial score (nSPS) is 26.7. The lowest BCUT2D eigenvalue weighted by molar-refractivity contribution is -0.107. The summed E-state index contributed by atoms with van der Waals surface area (Å²) in [5, 5.41) is 10.2. The predicted octanol–water partition coefficient (Wildman–Crippen LogP) is 4.44. The summed E-state index contributed by atoms with van der Waals surface area (Å²) in [4.78, 5) is 0. The molecule has 1 unspecified atom stereocenters. The Morgan fingerprint density at radius 1 is 1.00 bits per heavy atom. The van der Waals surface area contributed by atoms with Gasteiger partial charge in [0.15, 0.2) is 6.29 Å². The van der Waals surface area contributed by atoms with Gasteiger partial charge in [-0.1, -0.05) is 74.5 Å². The van der Waals surface area contributed by atoms with Gasteiger partial charge >= 0.3 is 0 Å². The lowest BCUT2D eigenvalue weighted by Crippen LogP contribution is -2.30. The number of aryl methyl sites for hydroxylation is 1. The molecular formula is C23H30O3. The molecule has 3 rings (SSSR count). The Hall–Kier alpha value is -1.68. The fraction of sp³-hybridized carbons (Fsp3) is 0.478. The number of benzene rings is 2. The van der Waals surface area contributed by atoms with E-state index in [2.05, 4.69) is 50.2 Å². The Bertz CT molecular complexity index is 643. The van der Waals surface area contributed by atoms with E-state index < -0.39 is 6.29 Å². The minimum Gasteiger partial charge on any atom is -0.376 e. The van der Waals surface area contributed by atoms with Gasteiger partial charge in [-0.3, -0.25) is 0 Å². The second-order valence-electron chi connectivity index (χ2n) is 7.50. The fourth-order valence-corrected chi connectivity index (χ4v) is 4.07. The van der Waals surface area contributed by atoms with Crippen molar-refractivity contribution in [2.45, 2.75) is 45.7 Å². The van der Waals surface area contributed by atoms with Crippen molar-refractivity contribution in [1.29, 1.82) is 0 Å². The Kier molecular flexibility index (Phi) is 6.84. The molecule has 0 amide bonds. The SMILES string of the molecule is C[C@@H](COCc1ccccc1)[C@@H]1[C@@H](CCc2ccccc2)OC(O)[C@@H]1C. The molecule has 0 bridgehead atoms. The highest BCUT2D eigenvalue weighted by Crippen LogP contribution is 2.38. The summed E-state index contributed by atoms with van der Waals surface area (Å²) in [7, 11) is 0. The van der Waals surface area contributed by atoms with Crippen LogP contribution in [0.25, 0.3) is 0 Å². The first kappa shape index (κ1) is 19.1. The molecule has 140 valence electrons. The lowest BCUT2D eigenvalue weighted by atomic mass is 9.80. The third-order valence-corrected chi connectivity index (χ3v) is 5.51. The molecule has 3 nitrogen and oxygen atoms in total. The maximum atomic E-state index is 10.2. The van der Waals surface area contributed by atoms with E-state index >= 15 is 0 Å². The highest BCUT2D eigenvalue weighted by molar-refractivity contribution is 5.15. The maximum absolute atomic E-state index is 10.2. The van der Waals surface area contributed by atoms with Crippen molar-refractivity contribution in [3.63, 3.8) is 0 Å². The molecular weight excluding hydrogens is 324 g/mol. The van der Waals surface area contributed by atoms with Gasteiger partial charge in [0.25, 0.3) is 0 Å². The van der Waals surface area contributed by atoms with Gasteiger partial charge in [0.2, 0.25) is 0 Å². The standard InChI is InChI=1S/C23H30O3/c1-17(15-25-16-20-11-7-4-8-12-20)22-18(2)23(24)26-21(22)14-13-19-9-5-3-6-10-19/h3-12,17-18,21-24H,13-16H2,1-2H3/t17-,18+,21+,22-,23?/m0/s1. The number of ether oxygens (including phenoxy) is 2. The molecule has 1 fully saturated rings. The summed E-state index contributed by atoms with van der Waals surface area (Å²) in [5.74, 6) is 0.780. The Labute approximate surface area is 157 Å². The van der Waals surface area contributed by atoms with Crippen LogP contribution in [-0.2, 0) is 22.5 Å². The van der Waals surface area contributed by atoms with Crippen LogP contribution in [-0.4, -0.2) is 24.1 Å². The van der Waals surface area contributed by atoms with Crippen molar-refractivity contribution in [1.82, 2.24) is 0 Å². The van der Waals surface area contributed by atoms with Gasteiger partial charge in [0.05, 0.1) is 12.7 Å². The first-order chi connectivity index (χ1) is 12.6. The second kappa shape index (κ2) is 9.31. The van der Waals surface area contributed by atoms with Crippen LogP contribution in [0.1, 0.15) is 31.4 Å². The average molecular weight is 354 g/mol. The molecule has 0 spiro atoms. The number of rotatable bonds is 8. The van der Waals surface area contributed by atoms with E-state index in [1.165, 1.54) is 11.1 Å². The van der Waals surface area contributed by atoms with E-state index in [4.69, 9.17) is 9.47 Å². The van der Waals surface area contributed by atoms with Crippen molar-refractivity contribution in [2.24, 2.45) is 17.8 Å². The molecule has 1 N–H and O–H groups in total. The second-order valence-corrected chi connectivity index (χ2v) is 7.50. The average Bonchev–Trinajstić information content (AvgIpc) is 2.96. The molecule has 2 aromatic rings. The zero-order chi connectivity index (χ0) is 18.4. The van der Waals surface area contributed by atoms with Gasteiger partial charge in [0, 0.05) is 12.5 Å². The van der Waals surface area contributed by atoms with Gasteiger partial charge in [0.1, 0.15) is 0 Å². The van der Waals surface area contributed by atoms with Crippen LogP contribution in [0.3, 0.4) is 0 Å². The monoisotopic (exact) mass is 354 g/mol. The van der Waals surface area contributed by atoms with E-state index in [1.54, 1.807) is 0 Å². The number of hydrogen-bond donors (Lipinski definition) is 1. The van der Waals surface area contributed by atoms with Crippen LogP contribution in [0.15, 0.2) is 60.7 Å². The largest absolute Gasteiger partial charge is 0.376 e. The molecule has 0 saturated carbocycles. The van der Waals surface area contributed by atoms with E-state index in [1.807, 2.05) is 24.3 Å². The van der Waals surface area contributed by atoms with Crippen LogP contribution < -0.4 is 0 Å². The highest BCUT2D eigenvalue weighted by atomic mass is 16.6. The van der Waals surface area contributed by atoms with Crippen molar-refractivity contribution in [3.8, 4) is 0 Å². The molecule has 1 saturated heterocycles. The van der Waals surface area contributed by atoms with Gasteiger partial charge in [-0.2, -0.15) is 0 Å². The molecule has 5 atom stereocenters.